The second kappa shape index (κ2) is 2.12. The first-order valence-corrected chi connectivity index (χ1v) is 4.56. The third-order valence-electron chi connectivity index (χ3n) is 3.61. The molecule has 12 heavy (non-hydrogen) atoms. The van der Waals surface area contributed by atoms with Crippen LogP contribution in [0.25, 0.3) is 0 Å². The van der Waals surface area contributed by atoms with Crippen molar-refractivity contribution in [2.75, 3.05) is 0 Å². The maximum absolute atomic E-state index is 9.99. The van der Waals surface area contributed by atoms with Crippen LogP contribution in [0.1, 0.15) is 26.7 Å². The summed E-state index contributed by atoms with van der Waals surface area (Å²) in [4.78, 5) is 0. The van der Waals surface area contributed by atoms with Crippen molar-refractivity contribution in [3.63, 3.8) is 0 Å². The van der Waals surface area contributed by atoms with Crippen LogP contribution in [0.3, 0.4) is 0 Å². The van der Waals surface area contributed by atoms with Crippen molar-refractivity contribution in [2.45, 2.75) is 38.4 Å². The van der Waals surface area contributed by atoms with Crippen LogP contribution in [0, 0.1) is 11.3 Å². The number of hydrogen-bond acceptors (Lipinski definition) is 2. The van der Waals surface area contributed by atoms with Gasteiger partial charge in [0, 0.05) is 5.41 Å². The quantitative estimate of drug-likeness (QED) is 0.531. The van der Waals surface area contributed by atoms with E-state index in [1.54, 1.807) is 6.08 Å². The molecule has 1 fully saturated rings. The Morgan fingerprint density at radius 1 is 1.42 bits per heavy atom. The van der Waals surface area contributed by atoms with E-state index in [0.29, 0.717) is 12.3 Å². The predicted octanol–water partition coefficient (Wildman–Crippen LogP) is 1.08. The molecule has 0 unspecified atom stereocenters. The molecule has 2 bridgehead atoms. The molecule has 3 rings (SSSR count). The van der Waals surface area contributed by atoms with E-state index in [0.717, 1.165) is 6.42 Å². The van der Waals surface area contributed by atoms with Gasteiger partial charge < -0.3 is 10.2 Å². The summed E-state index contributed by atoms with van der Waals surface area (Å²) in [5.74, 6) is 0.432. The van der Waals surface area contributed by atoms with Crippen LogP contribution < -0.4 is 0 Å². The summed E-state index contributed by atoms with van der Waals surface area (Å²) in [6.45, 7) is 4.05. The van der Waals surface area contributed by atoms with E-state index in [9.17, 15) is 10.2 Å². The third-order valence-corrected chi connectivity index (χ3v) is 3.61. The minimum atomic E-state index is -0.946. The molecule has 2 nitrogen and oxygen atoms in total. The van der Waals surface area contributed by atoms with E-state index in [1.165, 1.54) is 0 Å². The second-order valence-corrected chi connectivity index (χ2v) is 4.72. The van der Waals surface area contributed by atoms with Gasteiger partial charge in [0.2, 0.25) is 0 Å². The topological polar surface area (TPSA) is 40.5 Å². The Morgan fingerprint density at radius 2 is 2.08 bits per heavy atom. The van der Waals surface area contributed by atoms with Crippen molar-refractivity contribution < 1.29 is 10.2 Å². The number of aliphatic hydroxyl groups is 2. The molecule has 0 aromatic rings. The Balaban J connectivity index is 2.43. The molecular formula is C10H16O2. The summed E-state index contributed by atoms with van der Waals surface area (Å²) in [7, 11) is 0. The summed E-state index contributed by atoms with van der Waals surface area (Å²) in [6, 6.07) is 0. The summed E-state index contributed by atoms with van der Waals surface area (Å²) in [6.07, 6.45) is 4.93. The van der Waals surface area contributed by atoms with Gasteiger partial charge in [-0.15, -0.1) is 0 Å². The van der Waals surface area contributed by atoms with Crippen LogP contribution in [0.2, 0.25) is 0 Å². The summed E-state index contributed by atoms with van der Waals surface area (Å²) < 4.78 is 0. The Bertz CT molecular complexity index is 232. The molecule has 0 aromatic heterocycles. The first kappa shape index (κ1) is 8.27. The number of fused-ring (bicyclic) bond motifs is 2. The minimum Gasteiger partial charge on any atom is -0.389 e. The van der Waals surface area contributed by atoms with Crippen molar-refractivity contribution in [1.82, 2.24) is 0 Å². The van der Waals surface area contributed by atoms with E-state index in [2.05, 4.69) is 6.08 Å². The van der Waals surface area contributed by atoms with E-state index < -0.39 is 11.7 Å². The summed E-state index contributed by atoms with van der Waals surface area (Å²) in [5, 5.41) is 19.9. The molecule has 68 valence electrons. The van der Waals surface area contributed by atoms with Gasteiger partial charge in [-0.3, -0.25) is 0 Å². The Hall–Kier alpha value is -0.340. The number of aliphatic hydroxyl groups excluding tert-OH is 1. The highest BCUT2D eigenvalue weighted by atomic mass is 16.3. The second-order valence-electron chi connectivity index (χ2n) is 4.72. The van der Waals surface area contributed by atoms with Gasteiger partial charge in [-0.1, -0.05) is 26.0 Å². The molecule has 0 aliphatic heterocycles. The molecule has 0 radical (unpaired) electrons. The van der Waals surface area contributed by atoms with Crippen LogP contribution in [0.15, 0.2) is 12.2 Å². The van der Waals surface area contributed by atoms with Crippen molar-refractivity contribution >= 4 is 0 Å². The molecule has 2 heteroatoms. The molecule has 0 spiro atoms. The number of allylic oxidation sites excluding steroid dienone is 1. The van der Waals surface area contributed by atoms with Gasteiger partial charge in [0.15, 0.2) is 0 Å². The zero-order chi connectivity index (χ0) is 8.98. The maximum Gasteiger partial charge on any atom is 0.109 e. The fraction of sp³-hybridized carbons (Fsp3) is 0.800. The average Bonchev–Trinajstić information content (AvgIpc) is 2.01. The lowest BCUT2D eigenvalue weighted by molar-refractivity contribution is -0.150. The van der Waals surface area contributed by atoms with Gasteiger partial charge >= 0.3 is 0 Å². The molecule has 0 amide bonds. The lowest BCUT2D eigenvalue weighted by Gasteiger charge is -2.52. The van der Waals surface area contributed by atoms with E-state index >= 15 is 0 Å². The SMILES string of the molecule is CC1(C)[C@@H](O)[C@]2(O)C=C[C@H]1CC2. The molecule has 0 aromatic carbocycles. The van der Waals surface area contributed by atoms with Gasteiger partial charge in [-0.2, -0.15) is 0 Å². The lowest BCUT2D eigenvalue weighted by Crippen LogP contribution is -2.58. The molecule has 1 saturated carbocycles. The first-order valence-electron chi connectivity index (χ1n) is 4.56. The van der Waals surface area contributed by atoms with Gasteiger partial charge in [0.25, 0.3) is 0 Å². The van der Waals surface area contributed by atoms with Crippen molar-refractivity contribution in [2.24, 2.45) is 11.3 Å². The van der Waals surface area contributed by atoms with Crippen LogP contribution in [-0.4, -0.2) is 21.9 Å². The number of hydrogen-bond donors (Lipinski definition) is 2. The van der Waals surface area contributed by atoms with Crippen LogP contribution >= 0.6 is 0 Å². The van der Waals surface area contributed by atoms with Crippen molar-refractivity contribution in [1.29, 1.82) is 0 Å². The molecule has 0 saturated heterocycles. The van der Waals surface area contributed by atoms with E-state index in [4.69, 9.17) is 0 Å². The smallest absolute Gasteiger partial charge is 0.109 e. The van der Waals surface area contributed by atoms with Gasteiger partial charge in [-0.05, 0) is 18.8 Å². The summed E-state index contributed by atoms with van der Waals surface area (Å²) in [5.41, 5.74) is -1.11. The molecular weight excluding hydrogens is 152 g/mol. The molecule has 3 aliphatic rings. The molecule has 3 atom stereocenters. The molecule has 0 heterocycles. The average molecular weight is 168 g/mol. The zero-order valence-electron chi connectivity index (χ0n) is 7.62. The Morgan fingerprint density at radius 3 is 2.42 bits per heavy atom. The van der Waals surface area contributed by atoms with Crippen LogP contribution in [0.4, 0.5) is 0 Å². The highest BCUT2D eigenvalue weighted by molar-refractivity contribution is 5.21. The third kappa shape index (κ3) is 0.824. The van der Waals surface area contributed by atoms with Crippen molar-refractivity contribution in [3.05, 3.63) is 12.2 Å². The maximum atomic E-state index is 9.99. The zero-order valence-corrected chi connectivity index (χ0v) is 7.62. The monoisotopic (exact) mass is 168 g/mol. The largest absolute Gasteiger partial charge is 0.389 e. The summed E-state index contributed by atoms with van der Waals surface area (Å²) >= 11 is 0. The Kier molecular flexibility index (Phi) is 1.46. The molecule has 2 N–H and O–H groups in total. The van der Waals surface area contributed by atoms with E-state index in [1.807, 2.05) is 13.8 Å². The fourth-order valence-electron chi connectivity index (χ4n) is 2.54. The standard InChI is InChI=1S/C10H16O2/c1-9(2)7-3-5-10(12,6-4-7)8(9)11/h3,5,7-8,11-12H,4,6H2,1-2H3/t7-,8+,10-/m0/s1. The minimum absolute atomic E-state index is 0.165. The van der Waals surface area contributed by atoms with Crippen molar-refractivity contribution in [3.8, 4) is 0 Å². The number of rotatable bonds is 0. The Labute approximate surface area is 72.9 Å². The van der Waals surface area contributed by atoms with Gasteiger partial charge in [0.1, 0.15) is 5.60 Å². The fourth-order valence-corrected chi connectivity index (χ4v) is 2.54. The highest BCUT2D eigenvalue weighted by Gasteiger charge is 2.53. The van der Waals surface area contributed by atoms with Crippen LogP contribution in [-0.2, 0) is 0 Å². The molecule has 3 aliphatic carbocycles. The van der Waals surface area contributed by atoms with Crippen LogP contribution in [0.5, 0.6) is 0 Å². The van der Waals surface area contributed by atoms with Gasteiger partial charge in [0.05, 0.1) is 6.10 Å². The lowest BCUT2D eigenvalue weighted by atomic mass is 9.57. The van der Waals surface area contributed by atoms with E-state index in [-0.39, 0.29) is 5.41 Å². The first-order chi connectivity index (χ1) is 5.47. The van der Waals surface area contributed by atoms with Gasteiger partial charge in [-0.25, -0.2) is 0 Å². The normalized spacial score (nSPS) is 49.7. The predicted molar refractivity (Wildman–Crippen MR) is 46.6 cm³/mol. The highest BCUT2D eigenvalue weighted by Crippen LogP contribution is 2.50.